The summed E-state index contributed by atoms with van der Waals surface area (Å²) in [7, 11) is 0. The molecule has 1 fully saturated rings. The first-order valence-corrected chi connectivity index (χ1v) is 6.63. The Morgan fingerprint density at radius 2 is 2.47 bits per heavy atom. The molecule has 0 bridgehead atoms. The van der Waals surface area contributed by atoms with Crippen molar-refractivity contribution in [2.75, 3.05) is 13.1 Å². The van der Waals surface area contributed by atoms with Crippen LogP contribution in [0.5, 0.6) is 0 Å². The lowest BCUT2D eigenvalue weighted by Gasteiger charge is -2.23. The third kappa shape index (κ3) is 3.03. The van der Waals surface area contributed by atoms with E-state index in [1.807, 2.05) is 12.1 Å². The Kier molecular flexibility index (Phi) is 3.77. The van der Waals surface area contributed by atoms with E-state index in [4.69, 9.17) is 0 Å². The van der Waals surface area contributed by atoms with Crippen molar-refractivity contribution in [2.24, 2.45) is 0 Å². The molecule has 1 amide bonds. The molecule has 2 rings (SSSR count). The second-order valence-electron chi connectivity index (χ2n) is 3.62. The van der Waals surface area contributed by atoms with Crippen LogP contribution >= 0.6 is 27.3 Å². The van der Waals surface area contributed by atoms with Crippen LogP contribution in [0.2, 0.25) is 0 Å². The van der Waals surface area contributed by atoms with Crippen molar-refractivity contribution >= 4 is 33.2 Å². The highest BCUT2D eigenvalue weighted by atomic mass is 79.9. The molecule has 0 aliphatic carbocycles. The second kappa shape index (κ2) is 5.09. The zero-order valence-corrected chi connectivity index (χ0v) is 10.7. The number of rotatable bonds is 2. The van der Waals surface area contributed by atoms with Crippen molar-refractivity contribution in [3.63, 3.8) is 0 Å². The van der Waals surface area contributed by atoms with Crippen LogP contribution in [0.3, 0.4) is 0 Å². The third-order valence-corrected chi connectivity index (χ3v) is 4.05. The summed E-state index contributed by atoms with van der Waals surface area (Å²) in [4.78, 5) is 12.5. The standard InChI is InChI=1S/C10H13BrN2OS/c11-9-4-3-8(15-9)10(14)13-7-2-1-5-12-6-7/h3-4,7,12H,1-2,5-6H2,(H,13,14). The molecule has 2 heterocycles. The van der Waals surface area contributed by atoms with Gasteiger partial charge < -0.3 is 10.6 Å². The molecule has 1 aromatic heterocycles. The molecule has 2 N–H and O–H groups in total. The van der Waals surface area contributed by atoms with E-state index in [1.165, 1.54) is 11.3 Å². The minimum absolute atomic E-state index is 0.0411. The van der Waals surface area contributed by atoms with Crippen molar-refractivity contribution in [3.05, 3.63) is 20.8 Å². The molecule has 15 heavy (non-hydrogen) atoms. The van der Waals surface area contributed by atoms with Gasteiger partial charge in [-0.05, 0) is 47.4 Å². The van der Waals surface area contributed by atoms with Crippen LogP contribution in [0.15, 0.2) is 15.9 Å². The predicted molar refractivity (Wildman–Crippen MR) is 65.4 cm³/mol. The summed E-state index contributed by atoms with van der Waals surface area (Å²) < 4.78 is 0.995. The van der Waals surface area contributed by atoms with Gasteiger partial charge in [0.25, 0.3) is 5.91 Å². The number of carbonyl (C=O) groups excluding carboxylic acids is 1. The van der Waals surface area contributed by atoms with E-state index < -0.39 is 0 Å². The highest BCUT2D eigenvalue weighted by Crippen LogP contribution is 2.22. The molecule has 1 atom stereocenters. The van der Waals surface area contributed by atoms with E-state index in [0.29, 0.717) is 0 Å². The molecule has 82 valence electrons. The Bertz CT molecular complexity index is 347. The summed E-state index contributed by atoms with van der Waals surface area (Å²) in [5, 5.41) is 6.31. The zero-order valence-electron chi connectivity index (χ0n) is 8.25. The summed E-state index contributed by atoms with van der Waals surface area (Å²) in [5.74, 6) is 0.0411. The molecular weight excluding hydrogens is 276 g/mol. The van der Waals surface area contributed by atoms with Gasteiger partial charge in [-0.25, -0.2) is 0 Å². The molecule has 0 saturated carbocycles. The van der Waals surface area contributed by atoms with Crippen LogP contribution in [0.4, 0.5) is 0 Å². The van der Waals surface area contributed by atoms with Gasteiger partial charge in [-0.2, -0.15) is 0 Å². The van der Waals surface area contributed by atoms with Crippen LogP contribution in [0.1, 0.15) is 22.5 Å². The number of hydrogen-bond acceptors (Lipinski definition) is 3. The Hall–Kier alpha value is -0.390. The molecule has 1 aliphatic rings. The Morgan fingerprint density at radius 3 is 3.07 bits per heavy atom. The van der Waals surface area contributed by atoms with Crippen LogP contribution in [-0.2, 0) is 0 Å². The van der Waals surface area contributed by atoms with E-state index in [-0.39, 0.29) is 11.9 Å². The van der Waals surface area contributed by atoms with Gasteiger partial charge in [0.2, 0.25) is 0 Å². The highest BCUT2D eigenvalue weighted by molar-refractivity contribution is 9.11. The predicted octanol–water partition coefficient (Wildman–Crippen LogP) is 1.99. The number of thiophene rings is 1. The molecular formula is C10H13BrN2OS. The summed E-state index contributed by atoms with van der Waals surface area (Å²) in [6.45, 7) is 1.95. The number of nitrogens with one attached hydrogen (secondary N) is 2. The lowest BCUT2D eigenvalue weighted by Crippen LogP contribution is -2.45. The van der Waals surface area contributed by atoms with Gasteiger partial charge in [-0.15, -0.1) is 11.3 Å². The average molecular weight is 289 g/mol. The lowest BCUT2D eigenvalue weighted by molar-refractivity contribution is 0.0935. The van der Waals surface area contributed by atoms with Crippen molar-refractivity contribution in [1.29, 1.82) is 0 Å². The fraction of sp³-hybridized carbons (Fsp3) is 0.500. The number of carbonyl (C=O) groups is 1. The van der Waals surface area contributed by atoms with Crippen LogP contribution in [-0.4, -0.2) is 25.0 Å². The molecule has 0 spiro atoms. The SMILES string of the molecule is O=C(NC1CCCNC1)c1ccc(Br)s1. The van der Waals surface area contributed by atoms with Gasteiger partial charge in [0, 0.05) is 12.6 Å². The van der Waals surface area contributed by atoms with Gasteiger partial charge in [-0.3, -0.25) is 4.79 Å². The van der Waals surface area contributed by atoms with E-state index in [2.05, 4.69) is 26.6 Å². The van der Waals surface area contributed by atoms with Crippen LogP contribution in [0.25, 0.3) is 0 Å². The fourth-order valence-corrected chi connectivity index (χ4v) is 2.96. The molecule has 3 nitrogen and oxygen atoms in total. The summed E-state index contributed by atoms with van der Waals surface area (Å²) in [6.07, 6.45) is 2.21. The average Bonchev–Trinajstić information content (AvgIpc) is 2.66. The van der Waals surface area contributed by atoms with Gasteiger partial charge in [0.1, 0.15) is 0 Å². The van der Waals surface area contributed by atoms with E-state index >= 15 is 0 Å². The maximum Gasteiger partial charge on any atom is 0.261 e. The van der Waals surface area contributed by atoms with Crippen molar-refractivity contribution in [3.8, 4) is 0 Å². The van der Waals surface area contributed by atoms with Crippen molar-refractivity contribution in [2.45, 2.75) is 18.9 Å². The van der Waals surface area contributed by atoms with E-state index in [0.717, 1.165) is 34.6 Å². The zero-order chi connectivity index (χ0) is 10.7. The van der Waals surface area contributed by atoms with Gasteiger partial charge in [-0.1, -0.05) is 0 Å². The number of hydrogen-bond donors (Lipinski definition) is 2. The highest BCUT2D eigenvalue weighted by Gasteiger charge is 2.16. The quantitative estimate of drug-likeness (QED) is 0.874. The maximum absolute atomic E-state index is 11.8. The lowest BCUT2D eigenvalue weighted by atomic mass is 10.1. The minimum Gasteiger partial charge on any atom is -0.347 e. The van der Waals surface area contributed by atoms with Crippen LogP contribution < -0.4 is 10.6 Å². The van der Waals surface area contributed by atoms with E-state index in [1.54, 1.807) is 0 Å². The van der Waals surface area contributed by atoms with Crippen molar-refractivity contribution in [1.82, 2.24) is 10.6 Å². The van der Waals surface area contributed by atoms with Gasteiger partial charge in [0.15, 0.2) is 0 Å². The minimum atomic E-state index is 0.0411. The normalized spacial score (nSPS) is 21.3. The smallest absolute Gasteiger partial charge is 0.261 e. The van der Waals surface area contributed by atoms with Crippen LogP contribution in [0, 0.1) is 0 Å². The van der Waals surface area contributed by atoms with Gasteiger partial charge in [0.05, 0.1) is 8.66 Å². The molecule has 0 radical (unpaired) electrons. The number of piperidine rings is 1. The molecule has 1 aliphatic heterocycles. The molecule has 5 heteroatoms. The Labute approximate surface area is 101 Å². The largest absolute Gasteiger partial charge is 0.347 e. The summed E-state index contributed by atoms with van der Waals surface area (Å²) in [5.41, 5.74) is 0. The monoisotopic (exact) mass is 288 g/mol. The molecule has 1 aromatic rings. The first-order chi connectivity index (χ1) is 7.25. The van der Waals surface area contributed by atoms with Gasteiger partial charge >= 0.3 is 0 Å². The number of halogens is 1. The third-order valence-electron chi connectivity index (χ3n) is 2.43. The topological polar surface area (TPSA) is 41.1 Å². The number of amides is 1. The molecule has 1 saturated heterocycles. The second-order valence-corrected chi connectivity index (χ2v) is 6.08. The first kappa shape index (κ1) is 11.1. The maximum atomic E-state index is 11.8. The Morgan fingerprint density at radius 1 is 1.60 bits per heavy atom. The summed E-state index contributed by atoms with van der Waals surface area (Å²) in [6, 6.07) is 4.03. The Balaban J connectivity index is 1.91. The van der Waals surface area contributed by atoms with Crippen molar-refractivity contribution < 1.29 is 4.79 Å². The molecule has 1 unspecified atom stereocenters. The van der Waals surface area contributed by atoms with E-state index in [9.17, 15) is 4.79 Å². The fourth-order valence-electron chi connectivity index (χ4n) is 1.67. The molecule has 0 aromatic carbocycles. The first-order valence-electron chi connectivity index (χ1n) is 5.02. The summed E-state index contributed by atoms with van der Waals surface area (Å²) >= 11 is 4.82.